The summed E-state index contributed by atoms with van der Waals surface area (Å²) >= 11 is 0. The van der Waals surface area contributed by atoms with Gasteiger partial charge in [0, 0.05) is 43.0 Å². The summed E-state index contributed by atoms with van der Waals surface area (Å²) < 4.78 is 21.5. The minimum absolute atomic E-state index is 0.0160. The van der Waals surface area contributed by atoms with E-state index in [1.807, 2.05) is 33.9 Å². The van der Waals surface area contributed by atoms with Gasteiger partial charge in [0.05, 0.1) is 5.39 Å². The van der Waals surface area contributed by atoms with E-state index in [9.17, 15) is 14.0 Å². The molecule has 0 spiro atoms. The van der Waals surface area contributed by atoms with Gasteiger partial charge in [-0.3, -0.25) is 9.59 Å². The van der Waals surface area contributed by atoms with Crippen molar-refractivity contribution in [2.75, 3.05) is 25.4 Å². The number of amides is 1. The zero-order valence-electron chi connectivity index (χ0n) is 21.3. The van der Waals surface area contributed by atoms with E-state index in [-0.39, 0.29) is 35.0 Å². The number of para-hydroxylation sites is 1. The van der Waals surface area contributed by atoms with Crippen LogP contribution in [0.15, 0.2) is 71.7 Å². The average molecular weight is 529 g/mol. The van der Waals surface area contributed by atoms with Crippen LogP contribution in [-0.4, -0.2) is 51.2 Å². The summed E-state index contributed by atoms with van der Waals surface area (Å²) in [5.74, 6) is 0.300. The van der Waals surface area contributed by atoms with Gasteiger partial charge in [0.1, 0.15) is 11.3 Å². The molecule has 0 bridgehead atoms. The predicted molar refractivity (Wildman–Crippen MR) is 147 cm³/mol. The molecule has 2 saturated heterocycles. The molecule has 0 aliphatic carbocycles. The van der Waals surface area contributed by atoms with Gasteiger partial charge >= 0.3 is 0 Å². The van der Waals surface area contributed by atoms with Crippen molar-refractivity contribution in [1.29, 1.82) is 0 Å². The molecular weight excluding hydrogens is 499 g/mol. The maximum atomic E-state index is 14.0. The summed E-state index contributed by atoms with van der Waals surface area (Å²) in [6, 6.07) is 13.6. The summed E-state index contributed by atoms with van der Waals surface area (Å²) in [6.45, 7) is 2.17. The number of aromatic amines is 1. The highest BCUT2D eigenvalue weighted by molar-refractivity contribution is 5.92. The summed E-state index contributed by atoms with van der Waals surface area (Å²) in [5, 5.41) is 10.3. The predicted octanol–water partition coefficient (Wildman–Crippen LogP) is 3.85. The number of likely N-dealkylation sites (tertiary alicyclic amines) is 1. The van der Waals surface area contributed by atoms with Crippen molar-refractivity contribution < 1.29 is 13.9 Å². The quantitative estimate of drug-likeness (QED) is 0.327. The van der Waals surface area contributed by atoms with Crippen LogP contribution in [0.3, 0.4) is 0 Å². The van der Waals surface area contributed by atoms with Crippen molar-refractivity contribution >= 4 is 22.6 Å². The average Bonchev–Trinajstić information content (AvgIpc) is 3.34. The Bertz CT molecular complexity index is 1610. The number of ether oxygens (including phenoxy) is 1. The molecule has 2 aromatic heterocycles. The van der Waals surface area contributed by atoms with E-state index in [0.717, 1.165) is 37.1 Å². The Kier molecular flexibility index (Phi) is 6.62. The second-order valence-corrected chi connectivity index (χ2v) is 9.97. The number of benzene rings is 2. The third-order valence-electron chi connectivity index (χ3n) is 7.47. The first kappa shape index (κ1) is 24.9. The monoisotopic (exact) mass is 528 g/mol. The summed E-state index contributed by atoms with van der Waals surface area (Å²) in [5.41, 5.74) is 8.02. The number of carbonyl (C=O) groups excluding carboxylic acids is 1. The Labute approximate surface area is 224 Å². The Morgan fingerprint density at radius 3 is 2.69 bits per heavy atom. The van der Waals surface area contributed by atoms with E-state index in [0.29, 0.717) is 29.7 Å². The van der Waals surface area contributed by atoms with Crippen molar-refractivity contribution in [3.63, 3.8) is 0 Å². The van der Waals surface area contributed by atoms with Gasteiger partial charge < -0.3 is 25.3 Å². The van der Waals surface area contributed by atoms with Crippen LogP contribution >= 0.6 is 0 Å². The first-order chi connectivity index (χ1) is 19.0. The molecule has 2 unspecified atom stereocenters. The minimum atomic E-state index is -0.448. The van der Waals surface area contributed by atoms with Gasteiger partial charge in [-0.15, -0.1) is 0 Å². The molecule has 2 aliphatic heterocycles. The van der Waals surface area contributed by atoms with Crippen molar-refractivity contribution in [2.45, 2.75) is 31.2 Å². The third-order valence-corrected chi connectivity index (χ3v) is 7.47. The van der Waals surface area contributed by atoms with Crippen LogP contribution in [0.5, 0.6) is 11.5 Å². The lowest BCUT2D eigenvalue weighted by atomic mass is 9.90. The smallest absolute Gasteiger partial charge is 0.274 e. The molecule has 2 aliphatic rings. The molecule has 2 atom stereocenters. The number of anilines is 1. The number of piperidine rings is 1. The maximum Gasteiger partial charge on any atom is 0.274 e. The van der Waals surface area contributed by atoms with Gasteiger partial charge in [0.25, 0.3) is 5.56 Å². The van der Waals surface area contributed by atoms with Crippen LogP contribution in [-0.2, 0) is 4.79 Å². The van der Waals surface area contributed by atoms with Gasteiger partial charge in [0.2, 0.25) is 5.91 Å². The largest absolute Gasteiger partial charge is 0.454 e. The Hall–Kier alpha value is -4.44. The molecule has 0 saturated carbocycles. The van der Waals surface area contributed by atoms with E-state index in [1.54, 1.807) is 36.4 Å². The van der Waals surface area contributed by atoms with E-state index >= 15 is 0 Å². The van der Waals surface area contributed by atoms with Gasteiger partial charge in [-0.25, -0.2) is 9.49 Å². The van der Waals surface area contributed by atoms with Gasteiger partial charge in [0.15, 0.2) is 17.4 Å². The standard InChI is InChI=1S/C29H29FN6O3/c30-23-5-1-2-6-24(23)39-21-10-8-20(9-11-21)36-17-22(26-27(36)28(31)33-34-29(26)38)18-4-3-15-35(16-18)25(37)12-7-19-13-14-32-19/h1-2,5-12,17-19,32H,3-4,13-16H2,(H2,31,33)(H,34,38)/b12-7+. The highest BCUT2D eigenvalue weighted by Crippen LogP contribution is 2.35. The molecule has 1 amide bonds. The van der Waals surface area contributed by atoms with Crippen molar-refractivity contribution in [2.24, 2.45) is 0 Å². The number of H-pyrrole nitrogens is 1. The van der Waals surface area contributed by atoms with Crippen LogP contribution < -0.4 is 21.3 Å². The fourth-order valence-electron chi connectivity index (χ4n) is 5.29. The Morgan fingerprint density at radius 1 is 1.15 bits per heavy atom. The lowest BCUT2D eigenvalue weighted by molar-refractivity contribution is -0.127. The fourth-order valence-corrected chi connectivity index (χ4v) is 5.29. The van der Waals surface area contributed by atoms with Crippen molar-refractivity contribution in [1.82, 2.24) is 25.0 Å². The van der Waals surface area contributed by atoms with Crippen LogP contribution in [0, 0.1) is 5.82 Å². The number of nitrogens with two attached hydrogens (primary N) is 1. The van der Waals surface area contributed by atoms with Gasteiger partial charge in [-0.2, -0.15) is 5.10 Å². The number of nitrogen functional groups attached to an aromatic ring is 1. The van der Waals surface area contributed by atoms with E-state index < -0.39 is 5.82 Å². The lowest BCUT2D eigenvalue weighted by Crippen LogP contribution is -2.42. The normalized spacial score (nSPS) is 19.4. The molecule has 2 aromatic carbocycles. The molecule has 4 heterocycles. The number of nitrogens with one attached hydrogen (secondary N) is 2. The maximum absolute atomic E-state index is 14.0. The minimum Gasteiger partial charge on any atom is -0.454 e. The molecule has 2 fully saturated rings. The Balaban J connectivity index is 1.31. The van der Waals surface area contributed by atoms with E-state index in [1.165, 1.54) is 6.07 Å². The molecule has 4 N–H and O–H groups in total. The highest BCUT2D eigenvalue weighted by atomic mass is 19.1. The fraction of sp³-hybridized carbons (Fsp3) is 0.276. The van der Waals surface area contributed by atoms with E-state index in [4.69, 9.17) is 10.5 Å². The van der Waals surface area contributed by atoms with Crippen molar-refractivity contribution in [3.05, 3.63) is 88.6 Å². The van der Waals surface area contributed by atoms with Crippen LogP contribution in [0.4, 0.5) is 10.2 Å². The van der Waals surface area contributed by atoms with E-state index in [2.05, 4.69) is 15.5 Å². The number of hydrogen-bond donors (Lipinski definition) is 3. The van der Waals surface area contributed by atoms with Crippen LogP contribution in [0.1, 0.15) is 30.7 Å². The first-order valence-electron chi connectivity index (χ1n) is 13.1. The molecule has 4 aromatic rings. The SMILES string of the molecule is Nc1n[nH]c(=O)c2c(C3CCCN(C(=O)/C=C/C4CCN4)C3)cn(-c3ccc(Oc4ccccc4F)cc3)c12. The molecule has 200 valence electrons. The number of aromatic nitrogens is 3. The third kappa shape index (κ3) is 4.90. The Morgan fingerprint density at radius 2 is 1.95 bits per heavy atom. The number of fused-ring (bicyclic) bond motifs is 1. The zero-order chi connectivity index (χ0) is 26.9. The number of hydrogen-bond acceptors (Lipinski definition) is 6. The second-order valence-electron chi connectivity index (χ2n) is 9.97. The number of carbonyl (C=O) groups is 1. The van der Waals surface area contributed by atoms with Crippen LogP contribution in [0.25, 0.3) is 16.6 Å². The second kappa shape index (κ2) is 10.4. The number of nitrogens with zero attached hydrogens (tertiary/aromatic N) is 3. The number of rotatable bonds is 6. The zero-order valence-corrected chi connectivity index (χ0v) is 21.3. The molecule has 39 heavy (non-hydrogen) atoms. The molecule has 0 radical (unpaired) electrons. The molecular formula is C29H29FN6O3. The highest BCUT2D eigenvalue weighted by Gasteiger charge is 2.29. The molecule has 9 nitrogen and oxygen atoms in total. The summed E-state index contributed by atoms with van der Waals surface area (Å²) in [4.78, 5) is 27.8. The molecule has 10 heteroatoms. The van der Waals surface area contributed by atoms with Gasteiger partial charge in [-0.05, 0) is 67.8 Å². The van der Waals surface area contributed by atoms with Crippen molar-refractivity contribution in [3.8, 4) is 17.2 Å². The summed E-state index contributed by atoms with van der Waals surface area (Å²) in [7, 11) is 0. The number of halogens is 1. The van der Waals surface area contributed by atoms with Gasteiger partial charge in [-0.1, -0.05) is 18.2 Å². The lowest BCUT2D eigenvalue weighted by Gasteiger charge is -2.32. The summed E-state index contributed by atoms with van der Waals surface area (Å²) in [6.07, 6.45) is 8.21. The topological polar surface area (TPSA) is 118 Å². The van der Waals surface area contributed by atoms with Crippen LogP contribution in [0.2, 0.25) is 0 Å². The first-order valence-corrected chi connectivity index (χ1v) is 13.1. The molecule has 6 rings (SSSR count).